The first-order valence-electron chi connectivity index (χ1n) is 9.58. The maximum absolute atomic E-state index is 10.6. The van der Waals surface area contributed by atoms with E-state index in [0.29, 0.717) is 5.54 Å². The van der Waals surface area contributed by atoms with E-state index in [4.69, 9.17) is 19.8 Å². The average molecular weight is 476 g/mol. The Bertz CT molecular complexity index is 733. The van der Waals surface area contributed by atoms with Crippen molar-refractivity contribution in [1.82, 2.24) is 19.6 Å². The molecule has 2 N–H and O–H groups in total. The monoisotopic (exact) mass is 476 g/mol. The van der Waals surface area contributed by atoms with Gasteiger partial charge in [-0.05, 0) is 52.4 Å². The van der Waals surface area contributed by atoms with E-state index in [1.165, 1.54) is 50.9 Å². The Morgan fingerprint density at radius 1 is 0.969 bits per heavy atom. The van der Waals surface area contributed by atoms with Crippen molar-refractivity contribution in [2.24, 2.45) is 7.05 Å². The first-order valence-corrected chi connectivity index (χ1v) is 9.58. The predicted molar refractivity (Wildman–Crippen MR) is 99.7 cm³/mol. The van der Waals surface area contributed by atoms with Gasteiger partial charge in [0.15, 0.2) is 0 Å². The Labute approximate surface area is 180 Å². The van der Waals surface area contributed by atoms with Gasteiger partial charge in [-0.15, -0.1) is 0 Å². The SMILES string of the molecule is CN1CCC2(CCCN2Cc2cnn(C)c2)CC1.O=C(O)C(F)(F)F.O=C(O)C(F)(F)F. The van der Waals surface area contributed by atoms with Crippen LogP contribution in [0.3, 0.4) is 0 Å². The first-order chi connectivity index (χ1) is 14.6. The molecule has 0 atom stereocenters. The zero-order valence-electron chi connectivity index (χ0n) is 17.6. The summed E-state index contributed by atoms with van der Waals surface area (Å²) in [6.45, 7) is 4.85. The topological polar surface area (TPSA) is 98.9 Å². The Morgan fingerprint density at radius 2 is 1.44 bits per heavy atom. The van der Waals surface area contributed by atoms with Gasteiger partial charge in [0.25, 0.3) is 0 Å². The summed E-state index contributed by atoms with van der Waals surface area (Å²) >= 11 is 0. The molecule has 0 radical (unpaired) electrons. The van der Waals surface area contributed by atoms with Gasteiger partial charge >= 0.3 is 24.3 Å². The number of aliphatic carboxylic acids is 2. The molecule has 2 aliphatic heterocycles. The molecule has 8 nitrogen and oxygen atoms in total. The number of hydrogen-bond acceptors (Lipinski definition) is 5. The second-order valence-electron chi connectivity index (χ2n) is 7.68. The predicted octanol–water partition coefficient (Wildman–Crippen LogP) is 2.75. The fourth-order valence-electron chi connectivity index (χ4n) is 3.62. The quantitative estimate of drug-likeness (QED) is 0.634. The Morgan fingerprint density at radius 3 is 1.81 bits per heavy atom. The number of likely N-dealkylation sites (tertiary alicyclic amines) is 2. The van der Waals surface area contributed by atoms with Crippen LogP contribution in [0.4, 0.5) is 26.3 Å². The van der Waals surface area contributed by atoms with Gasteiger partial charge in [-0.25, -0.2) is 9.59 Å². The number of hydrogen-bond donors (Lipinski definition) is 2. The fourth-order valence-corrected chi connectivity index (χ4v) is 3.62. The smallest absolute Gasteiger partial charge is 0.475 e. The van der Waals surface area contributed by atoms with Crippen LogP contribution in [0.25, 0.3) is 0 Å². The summed E-state index contributed by atoms with van der Waals surface area (Å²) < 4.78 is 65.4. The number of halogens is 6. The number of nitrogens with zero attached hydrogens (tertiary/aromatic N) is 4. The molecule has 2 saturated heterocycles. The van der Waals surface area contributed by atoms with Gasteiger partial charge < -0.3 is 15.1 Å². The molecule has 0 amide bonds. The first kappa shape index (κ1) is 27.7. The molecule has 0 bridgehead atoms. The molecule has 0 aliphatic carbocycles. The van der Waals surface area contributed by atoms with Gasteiger partial charge in [-0.1, -0.05) is 0 Å². The van der Waals surface area contributed by atoms with Gasteiger partial charge in [0.05, 0.1) is 6.20 Å². The maximum Gasteiger partial charge on any atom is 0.490 e. The van der Waals surface area contributed by atoms with Crippen LogP contribution in [-0.2, 0) is 23.2 Å². The molecule has 0 unspecified atom stereocenters. The van der Waals surface area contributed by atoms with Crippen LogP contribution in [0.1, 0.15) is 31.2 Å². The summed E-state index contributed by atoms with van der Waals surface area (Å²) in [7, 11) is 4.24. The number of alkyl halides is 6. The number of aryl methyl sites for hydroxylation is 1. The van der Waals surface area contributed by atoms with Crippen LogP contribution in [0.5, 0.6) is 0 Å². The number of aromatic nitrogens is 2. The second kappa shape index (κ2) is 11.0. The number of carboxylic acid groups (broad SMARTS) is 2. The highest BCUT2D eigenvalue weighted by Gasteiger charge is 2.42. The Kier molecular flexibility index (Phi) is 9.50. The van der Waals surface area contributed by atoms with E-state index in [-0.39, 0.29) is 0 Å². The number of piperidine rings is 1. The van der Waals surface area contributed by atoms with Gasteiger partial charge in [0.2, 0.25) is 0 Å². The minimum Gasteiger partial charge on any atom is -0.475 e. The van der Waals surface area contributed by atoms with Crippen LogP contribution in [0.2, 0.25) is 0 Å². The van der Waals surface area contributed by atoms with Crippen LogP contribution in [0, 0.1) is 0 Å². The van der Waals surface area contributed by atoms with Crippen molar-refractivity contribution >= 4 is 11.9 Å². The van der Waals surface area contributed by atoms with Crippen molar-refractivity contribution in [2.75, 3.05) is 26.7 Å². The maximum atomic E-state index is 10.6. The molecular weight excluding hydrogens is 450 g/mol. The number of carboxylic acids is 2. The molecule has 1 aromatic heterocycles. The van der Waals surface area contributed by atoms with Gasteiger partial charge in [-0.2, -0.15) is 31.4 Å². The molecule has 184 valence electrons. The lowest BCUT2D eigenvalue weighted by atomic mass is 9.85. The molecule has 14 heteroatoms. The van der Waals surface area contributed by atoms with E-state index in [9.17, 15) is 26.3 Å². The molecule has 3 rings (SSSR count). The average Bonchev–Trinajstić information content (AvgIpc) is 3.24. The van der Waals surface area contributed by atoms with Crippen molar-refractivity contribution in [2.45, 2.75) is 50.1 Å². The van der Waals surface area contributed by atoms with Crippen molar-refractivity contribution in [1.29, 1.82) is 0 Å². The lowest BCUT2D eigenvalue weighted by Gasteiger charge is -2.44. The van der Waals surface area contributed by atoms with Crippen molar-refractivity contribution in [3.63, 3.8) is 0 Å². The van der Waals surface area contributed by atoms with E-state index in [1.807, 2.05) is 17.9 Å². The fraction of sp³-hybridized carbons (Fsp3) is 0.722. The molecule has 2 aliphatic rings. The summed E-state index contributed by atoms with van der Waals surface area (Å²) in [6, 6.07) is 0. The van der Waals surface area contributed by atoms with Gasteiger partial charge in [0, 0.05) is 30.9 Å². The van der Waals surface area contributed by atoms with Crippen molar-refractivity contribution < 1.29 is 46.1 Å². The summed E-state index contributed by atoms with van der Waals surface area (Å²) in [5.41, 5.74) is 1.85. The molecule has 0 aromatic carbocycles. The van der Waals surface area contributed by atoms with E-state index in [0.717, 1.165) is 6.54 Å². The minimum absolute atomic E-state index is 0.488. The molecule has 1 aromatic rings. The highest BCUT2D eigenvalue weighted by molar-refractivity contribution is 5.73. The minimum atomic E-state index is -5.08. The largest absolute Gasteiger partial charge is 0.490 e. The van der Waals surface area contributed by atoms with Crippen molar-refractivity contribution in [3.8, 4) is 0 Å². The molecule has 3 heterocycles. The summed E-state index contributed by atoms with van der Waals surface area (Å²) in [6.07, 6.45) is -0.569. The van der Waals surface area contributed by atoms with Gasteiger partial charge in [-0.3, -0.25) is 9.58 Å². The highest BCUT2D eigenvalue weighted by atomic mass is 19.4. The van der Waals surface area contributed by atoms with Crippen LogP contribution >= 0.6 is 0 Å². The number of carbonyl (C=O) groups is 2. The van der Waals surface area contributed by atoms with Crippen LogP contribution < -0.4 is 0 Å². The Hall–Kier alpha value is -2.35. The molecule has 2 fully saturated rings. The highest BCUT2D eigenvalue weighted by Crippen LogP contribution is 2.38. The third kappa shape index (κ3) is 8.65. The molecule has 32 heavy (non-hydrogen) atoms. The van der Waals surface area contributed by atoms with Gasteiger partial charge in [0.1, 0.15) is 0 Å². The van der Waals surface area contributed by atoms with E-state index >= 15 is 0 Å². The van der Waals surface area contributed by atoms with Crippen molar-refractivity contribution in [3.05, 3.63) is 18.0 Å². The third-order valence-corrected chi connectivity index (χ3v) is 5.28. The summed E-state index contributed by atoms with van der Waals surface area (Å²) in [4.78, 5) is 23.0. The van der Waals surface area contributed by atoms with Crippen LogP contribution in [0.15, 0.2) is 12.4 Å². The Balaban J connectivity index is 0.000000305. The lowest BCUT2D eigenvalue weighted by Crippen LogP contribution is -2.50. The van der Waals surface area contributed by atoms with E-state index in [1.54, 1.807) is 0 Å². The molecule has 0 saturated carbocycles. The second-order valence-corrected chi connectivity index (χ2v) is 7.68. The zero-order valence-corrected chi connectivity index (χ0v) is 17.6. The van der Waals surface area contributed by atoms with E-state index in [2.05, 4.69) is 28.1 Å². The standard InChI is InChI=1S/C14H24N4.2C2HF3O2/c1-16-8-5-14(6-9-16)4-3-7-18(14)12-13-10-15-17(2)11-13;2*3-2(4,5)1(6)7/h10-11H,3-9,12H2,1-2H3;2*(H,6,7). The van der Waals surface area contributed by atoms with E-state index < -0.39 is 24.3 Å². The van der Waals surface area contributed by atoms with Crippen LogP contribution in [-0.4, -0.2) is 86.3 Å². The normalized spacial score (nSPS) is 19.0. The number of rotatable bonds is 2. The lowest BCUT2D eigenvalue weighted by molar-refractivity contribution is -0.193. The molecular formula is C18H26F6N4O4. The summed E-state index contributed by atoms with van der Waals surface area (Å²) in [5.74, 6) is -5.51. The summed E-state index contributed by atoms with van der Waals surface area (Å²) in [5, 5.41) is 18.5. The third-order valence-electron chi connectivity index (χ3n) is 5.28. The zero-order chi connectivity index (χ0) is 24.7. The molecule has 1 spiro atoms.